The van der Waals surface area contributed by atoms with E-state index in [1.165, 1.54) is 0 Å². The summed E-state index contributed by atoms with van der Waals surface area (Å²) in [5.74, 6) is -0.414. The molecule has 0 bridgehead atoms. The molecule has 0 atom stereocenters. The van der Waals surface area contributed by atoms with Crippen LogP contribution in [0.3, 0.4) is 0 Å². The number of pyridine rings is 2. The highest BCUT2D eigenvalue weighted by atomic mass is 16.2. The van der Waals surface area contributed by atoms with Crippen LogP contribution in [0.25, 0.3) is 11.0 Å². The van der Waals surface area contributed by atoms with Crippen molar-refractivity contribution in [2.75, 3.05) is 5.32 Å². The minimum atomic E-state index is -0.414. The van der Waals surface area contributed by atoms with Crippen molar-refractivity contribution >= 4 is 22.6 Å². The molecule has 1 amide bonds. The van der Waals surface area contributed by atoms with Gasteiger partial charge in [-0.25, -0.2) is 4.98 Å². The maximum atomic E-state index is 13.3. The number of rotatable bonds is 4. The maximum absolute atomic E-state index is 13.3. The van der Waals surface area contributed by atoms with Gasteiger partial charge >= 0.3 is 0 Å². The van der Waals surface area contributed by atoms with E-state index in [4.69, 9.17) is 0 Å². The summed E-state index contributed by atoms with van der Waals surface area (Å²) in [5, 5.41) is 3.69. The third kappa shape index (κ3) is 3.74. The van der Waals surface area contributed by atoms with Gasteiger partial charge in [-0.3, -0.25) is 14.2 Å². The molecule has 1 N–H and O–H groups in total. The maximum Gasteiger partial charge on any atom is 0.265 e. The largest absolute Gasteiger partial charge is 0.321 e. The SMILES string of the molecule is Cc1cc(C)c(NC(=O)c2cc3cccnc3n(Cc3ccccc3)c2=O)c(C)c1. The van der Waals surface area contributed by atoms with Crippen LogP contribution >= 0.6 is 0 Å². The van der Waals surface area contributed by atoms with E-state index in [0.717, 1.165) is 33.3 Å². The Kier molecular flexibility index (Phi) is 5.19. The zero-order valence-electron chi connectivity index (χ0n) is 17.3. The van der Waals surface area contributed by atoms with E-state index in [-0.39, 0.29) is 11.1 Å². The number of benzene rings is 2. The molecule has 4 rings (SSSR count). The Hall–Kier alpha value is -3.73. The minimum Gasteiger partial charge on any atom is -0.321 e. The smallest absolute Gasteiger partial charge is 0.265 e. The first-order valence-electron chi connectivity index (χ1n) is 9.86. The number of hydrogen-bond acceptors (Lipinski definition) is 3. The molecule has 0 radical (unpaired) electrons. The molecule has 0 fully saturated rings. The van der Waals surface area contributed by atoms with Crippen LogP contribution in [0.2, 0.25) is 0 Å². The Morgan fingerprint density at radius 3 is 2.37 bits per heavy atom. The molecule has 2 aromatic heterocycles. The van der Waals surface area contributed by atoms with Gasteiger partial charge in [-0.1, -0.05) is 48.0 Å². The zero-order valence-corrected chi connectivity index (χ0v) is 17.3. The van der Waals surface area contributed by atoms with E-state index < -0.39 is 5.91 Å². The molecule has 0 spiro atoms. The normalized spacial score (nSPS) is 10.9. The first-order chi connectivity index (χ1) is 14.4. The molecule has 2 aromatic carbocycles. The first-order valence-corrected chi connectivity index (χ1v) is 9.86. The van der Waals surface area contributed by atoms with Crippen molar-refractivity contribution in [3.63, 3.8) is 0 Å². The number of nitrogens with zero attached hydrogens (tertiary/aromatic N) is 2. The second-order valence-electron chi connectivity index (χ2n) is 7.58. The molecule has 4 aromatic rings. The van der Waals surface area contributed by atoms with Crippen LogP contribution in [0.5, 0.6) is 0 Å². The van der Waals surface area contributed by atoms with Gasteiger partial charge in [0.05, 0.1) is 6.54 Å². The second-order valence-corrected chi connectivity index (χ2v) is 7.58. The quantitative estimate of drug-likeness (QED) is 0.546. The van der Waals surface area contributed by atoms with Crippen LogP contribution in [0.4, 0.5) is 5.69 Å². The van der Waals surface area contributed by atoms with Crippen molar-refractivity contribution in [1.29, 1.82) is 0 Å². The highest BCUT2D eigenvalue weighted by Crippen LogP contribution is 2.23. The number of carbonyl (C=O) groups excluding carboxylic acids is 1. The van der Waals surface area contributed by atoms with E-state index >= 15 is 0 Å². The average Bonchev–Trinajstić information content (AvgIpc) is 2.73. The summed E-state index contributed by atoms with van der Waals surface area (Å²) in [5.41, 5.74) is 5.08. The van der Waals surface area contributed by atoms with Crippen LogP contribution in [0.1, 0.15) is 32.6 Å². The van der Waals surface area contributed by atoms with Gasteiger partial charge in [-0.05, 0) is 55.7 Å². The number of nitrogens with one attached hydrogen (secondary N) is 1. The third-order valence-electron chi connectivity index (χ3n) is 5.19. The van der Waals surface area contributed by atoms with Gasteiger partial charge in [0.2, 0.25) is 0 Å². The van der Waals surface area contributed by atoms with Crippen LogP contribution in [-0.4, -0.2) is 15.5 Å². The number of anilines is 1. The van der Waals surface area contributed by atoms with E-state index in [2.05, 4.69) is 10.3 Å². The number of hydrogen-bond donors (Lipinski definition) is 1. The van der Waals surface area contributed by atoms with Gasteiger partial charge in [0.25, 0.3) is 11.5 Å². The molecular formula is C25H23N3O2. The molecular weight excluding hydrogens is 374 g/mol. The lowest BCUT2D eigenvalue weighted by atomic mass is 10.0. The predicted molar refractivity (Wildman–Crippen MR) is 120 cm³/mol. The summed E-state index contributed by atoms with van der Waals surface area (Å²) in [6.07, 6.45) is 1.65. The van der Waals surface area contributed by atoms with Gasteiger partial charge in [0.15, 0.2) is 0 Å². The summed E-state index contributed by atoms with van der Waals surface area (Å²) in [6, 6.07) is 19.0. The molecule has 0 aliphatic carbocycles. The van der Waals surface area contributed by atoms with E-state index in [1.807, 2.05) is 69.3 Å². The average molecular weight is 397 g/mol. The summed E-state index contributed by atoms with van der Waals surface area (Å²) >= 11 is 0. The summed E-state index contributed by atoms with van der Waals surface area (Å²) in [4.78, 5) is 30.8. The number of carbonyl (C=O) groups is 1. The van der Waals surface area contributed by atoms with Crippen molar-refractivity contribution in [1.82, 2.24) is 9.55 Å². The third-order valence-corrected chi connectivity index (χ3v) is 5.19. The highest BCUT2D eigenvalue weighted by Gasteiger charge is 2.18. The molecule has 150 valence electrons. The van der Waals surface area contributed by atoms with Gasteiger partial charge in [0, 0.05) is 17.3 Å². The Bertz CT molecular complexity index is 1280. The van der Waals surface area contributed by atoms with Crippen molar-refractivity contribution in [2.24, 2.45) is 0 Å². The Balaban J connectivity index is 1.81. The van der Waals surface area contributed by atoms with Crippen LogP contribution in [0, 0.1) is 20.8 Å². The molecule has 5 heteroatoms. The lowest BCUT2D eigenvalue weighted by molar-refractivity contribution is 0.102. The van der Waals surface area contributed by atoms with E-state index in [9.17, 15) is 9.59 Å². The topological polar surface area (TPSA) is 64.0 Å². The summed E-state index contributed by atoms with van der Waals surface area (Å²) in [7, 11) is 0. The standard InChI is InChI=1S/C25H23N3O2/c1-16-12-17(2)22(18(3)13-16)27-24(29)21-14-20-10-7-11-26-23(20)28(25(21)30)15-19-8-5-4-6-9-19/h4-14H,15H2,1-3H3,(H,27,29). The minimum absolute atomic E-state index is 0.103. The monoisotopic (exact) mass is 397 g/mol. The molecule has 0 saturated heterocycles. The molecule has 0 aliphatic heterocycles. The first kappa shape index (κ1) is 19.6. The van der Waals surface area contributed by atoms with Gasteiger partial charge < -0.3 is 5.32 Å². The Morgan fingerprint density at radius 1 is 0.967 bits per heavy atom. The lowest BCUT2D eigenvalue weighted by Gasteiger charge is -2.15. The van der Waals surface area contributed by atoms with Crippen LogP contribution in [-0.2, 0) is 6.54 Å². The Morgan fingerprint density at radius 2 is 1.67 bits per heavy atom. The number of aryl methyl sites for hydroxylation is 3. The molecule has 30 heavy (non-hydrogen) atoms. The predicted octanol–water partition coefficient (Wildman–Crippen LogP) is 4.62. The number of aromatic nitrogens is 2. The van der Waals surface area contributed by atoms with Crippen molar-refractivity contribution in [3.8, 4) is 0 Å². The van der Waals surface area contributed by atoms with Gasteiger partial charge in [0.1, 0.15) is 11.2 Å². The van der Waals surface area contributed by atoms with Crippen molar-refractivity contribution < 1.29 is 4.79 Å². The molecule has 0 unspecified atom stereocenters. The van der Waals surface area contributed by atoms with E-state index in [1.54, 1.807) is 22.9 Å². The number of amides is 1. The Labute approximate surface area is 175 Å². The van der Waals surface area contributed by atoms with Crippen LogP contribution in [0.15, 0.2) is 71.7 Å². The van der Waals surface area contributed by atoms with Crippen molar-refractivity contribution in [2.45, 2.75) is 27.3 Å². The fourth-order valence-corrected chi connectivity index (χ4v) is 3.84. The van der Waals surface area contributed by atoms with E-state index in [0.29, 0.717) is 12.2 Å². The molecule has 0 aliphatic rings. The molecule has 2 heterocycles. The van der Waals surface area contributed by atoms with Crippen LogP contribution < -0.4 is 10.9 Å². The zero-order chi connectivity index (χ0) is 21.3. The molecule has 5 nitrogen and oxygen atoms in total. The highest BCUT2D eigenvalue weighted by molar-refractivity contribution is 6.06. The summed E-state index contributed by atoms with van der Waals surface area (Å²) in [6.45, 7) is 6.27. The van der Waals surface area contributed by atoms with Crippen molar-refractivity contribution in [3.05, 3.63) is 105 Å². The fourth-order valence-electron chi connectivity index (χ4n) is 3.84. The fraction of sp³-hybridized carbons (Fsp3) is 0.160. The molecule has 0 saturated carbocycles. The summed E-state index contributed by atoms with van der Waals surface area (Å²) < 4.78 is 1.56. The van der Waals surface area contributed by atoms with Gasteiger partial charge in [-0.2, -0.15) is 0 Å². The lowest BCUT2D eigenvalue weighted by Crippen LogP contribution is -2.30. The second kappa shape index (κ2) is 7.95. The number of fused-ring (bicyclic) bond motifs is 1. The van der Waals surface area contributed by atoms with Gasteiger partial charge in [-0.15, -0.1) is 0 Å².